The van der Waals surface area contributed by atoms with E-state index in [9.17, 15) is 4.79 Å². The van der Waals surface area contributed by atoms with Crippen LogP contribution in [-0.2, 0) is 0 Å². The minimum absolute atomic E-state index is 0.0199. The van der Waals surface area contributed by atoms with E-state index in [2.05, 4.69) is 46.6 Å². The molecule has 2 heterocycles. The van der Waals surface area contributed by atoms with Crippen LogP contribution in [0.2, 0.25) is 0 Å². The van der Waals surface area contributed by atoms with Crippen LogP contribution in [-0.4, -0.2) is 48.8 Å². The first-order chi connectivity index (χ1) is 13.0. The number of hydrogen-bond donors (Lipinski definition) is 1. The highest BCUT2D eigenvalue weighted by Crippen LogP contribution is 2.23. The van der Waals surface area contributed by atoms with Crippen molar-refractivity contribution in [3.63, 3.8) is 0 Å². The van der Waals surface area contributed by atoms with Gasteiger partial charge in [-0.15, -0.1) is 0 Å². The predicted molar refractivity (Wildman–Crippen MR) is 107 cm³/mol. The molecule has 1 aliphatic rings. The Labute approximate surface area is 161 Å². The predicted octanol–water partition coefficient (Wildman–Crippen LogP) is 3.71. The average Bonchev–Trinajstić information content (AvgIpc) is 3.04. The second-order valence-corrected chi connectivity index (χ2v) is 7.51. The van der Waals surface area contributed by atoms with Gasteiger partial charge in [-0.1, -0.05) is 30.3 Å². The van der Waals surface area contributed by atoms with Gasteiger partial charge >= 0.3 is 6.03 Å². The number of rotatable bonds is 5. The minimum atomic E-state index is -0.0199. The summed E-state index contributed by atoms with van der Waals surface area (Å²) in [6, 6.07) is 10.6. The first kappa shape index (κ1) is 19.3. The van der Waals surface area contributed by atoms with Crippen molar-refractivity contribution in [2.75, 3.05) is 31.6 Å². The molecule has 6 heteroatoms. The van der Waals surface area contributed by atoms with E-state index < -0.39 is 0 Å². The number of carbonyl (C=O) groups excluding carboxylic acids is 1. The van der Waals surface area contributed by atoms with Gasteiger partial charge in [-0.25, -0.2) is 4.79 Å². The summed E-state index contributed by atoms with van der Waals surface area (Å²) in [5.74, 6) is 0.995. The van der Waals surface area contributed by atoms with Crippen LogP contribution < -0.4 is 10.2 Å². The number of amides is 2. The number of anilines is 1. The largest absolute Gasteiger partial charge is 0.369 e. The normalized spacial score (nSPS) is 18.2. The summed E-state index contributed by atoms with van der Waals surface area (Å²) in [7, 11) is 1.90. The van der Waals surface area contributed by atoms with Gasteiger partial charge in [0.2, 0.25) is 0 Å². The van der Waals surface area contributed by atoms with Crippen LogP contribution in [0.5, 0.6) is 0 Å². The zero-order chi connectivity index (χ0) is 19.4. The third kappa shape index (κ3) is 4.43. The van der Waals surface area contributed by atoms with Crippen molar-refractivity contribution in [1.82, 2.24) is 15.4 Å². The second-order valence-electron chi connectivity index (χ2n) is 7.51. The van der Waals surface area contributed by atoms with E-state index in [4.69, 9.17) is 4.52 Å². The zero-order valence-corrected chi connectivity index (χ0v) is 16.7. The number of aryl methyl sites for hydroxylation is 2. The molecule has 0 aliphatic carbocycles. The number of nitrogens with zero attached hydrogens (tertiary/aromatic N) is 3. The third-order valence-corrected chi connectivity index (χ3v) is 5.53. The standard InChI is InChI=1S/C21H30N4O2/c1-15(20-16(2)23-27-17(20)3)13-22-21(26)24(4)19-11-8-12-25(14-19)18-9-6-5-7-10-18/h5-7,9-10,15,19H,8,11-14H2,1-4H3,(H,22,26). The van der Waals surface area contributed by atoms with Gasteiger partial charge in [0.25, 0.3) is 0 Å². The molecular formula is C21H30N4O2. The summed E-state index contributed by atoms with van der Waals surface area (Å²) >= 11 is 0. The number of likely N-dealkylation sites (N-methyl/N-ethyl adjacent to an activating group) is 1. The Morgan fingerprint density at radius 2 is 2.11 bits per heavy atom. The van der Waals surface area contributed by atoms with Crippen LogP contribution in [0, 0.1) is 13.8 Å². The molecule has 0 radical (unpaired) electrons. The SMILES string of the molecule is Cc1noc(C)c1C(C)CNC(=O)N(C)C1CCCN(c2ccccc2)C1. The molecule has 0 bridgehead atoms. The summed E-state index contributed by atoms with van der Waals surface area (Å²) in [6.45, 7) is 8.43. The van der Waals surface area contributed by atoms with Crippen LogP contribution >= 0.6 is 0 Å². The molecule has 6 nitrogen and oxygen atoms in total. The molecule has 1 aromatic carbocycles. The number of benzene rings is 1. The monoisotopic (exact) mass is 370 g/mol. The maximum absolute atomic E-state index is 12.7. The Hall–Kier alpha value is -2.50. The number of urea groups is 1. The second kappa shape index (κ2) is 8.46. The van der Waals surface area contributed by atoms with Crippen LogP contribution in [0.3, 0.4) is 0 Å². The molecule has 1 fully saturated rings. The van der Waals surface area contributed by atoms with E-state index in [1.54, 1.807) is 0 Å². The number of carbonyl (C=O) groups is 1. The molecule has 0 spiro atoms. The van der Waals surface area contributed by atoms with E-state index in [-0.39, 0.29) is 18.0 Å². The number of para-hydroxylation sites is 1. The Morgan fingerprint density at radius 1 is 1.37 bits per heavy atom. The number of piperidine rings is 1. The molecule has 3 rings (SSSR count). The fourth-order valence-electron chi connectivity index (χ4n) is 3.97. The van der Waals surface area contributed by atoms with E-state index in [1.165, 1.54) is 5.69 Å². The maximum Gasteiger partial charge on any atom is 0.317 e. The lowest BCUT2D eigenvalue weighted by atomic mass is 9.99. The molecule has 1 aromatic heterocycles. The lowest BCUT2D eigenvalue weighted by Gasteiger charge is -2.38. The van der Waals surface area contributed by atoms with Gasteiger partial charge in [0.05, 0.1) is 11.7 Å². The fourth-order valence-corrected chi connectivity index (χ4v) is 3.97. The fraction of sp³-hybridized carbons (Fsp3) is 0.524. The molecule has 1 aliphatic heterocycles. The van der Waals surface area contributed by atoms with Gasteiger partial charge in [0.15, 0.2) is 0 Å². The summed E-state index contributed by atoms with van der Waals surface area (Å²) in [5.41, 5.74) is 3.21. The molecule has 2 aromatic rings. The highest BCUT2D eigenvalue weighted by atomic mass is 16.5. The van der Waals surface area contributed by atoms with E-state index in [0.29, 0.717) is 6.54 Å². The van der Waals surface area contributed by atoms with Gasteiger partial charge in [0.1, 0.15) is 5.76 Å². The van der Waals surface area contributed by atoms with Crippen molar-refractivity contribution >= 4 is 11.7 Å². The van der Waals surface area contributed by atoms with Crippen LogP contribution in [0.1, 0.15) is 42.7 Å². The number of aromatic nitrogens is 1. The topological polar surface area (TPSA) is 61.6 Å². The van der Waals surface area contributed by atoms with E-state index in [1.807, 2.05) is 31.9 Å². The molecule has 2 amide bonds. The lowest BCUT2D eigenvalue weighted by molar-refractivity contribution is 0.182. The van der Waals surface area contributed by atoms with Crippen molar-refractivity contribution in [2.24, 2.45) is 0 Å². The average molecular weight is 370 g/mol. The van der Waals surface area contributed by atoms with Crippen LogP contribution in [0.25, 0.3) is 0 Å². The summed E-state index contributed by atoms with van der Waals surface area (Å²) in [5, 5.41) is 7.08. The van der Waals surface area contributed by atoms with Crippen molar-refractivity contribution < 1.29 is 9.32 Å². The maximum atomic E-state index is 12.7. The van der Waals surface area contributed by atoms with Crippen molar-refractivity contribution in [1.29, 1.82) is 0 Å². The van der Waals surface area contributed by atoms with Gasteiger partial charge in [-0.05, 0) is 38.8 Å². The highest BCUT2D eigenvalue weighted by molar-refractivity contribution is 5.74. The van der Waals surface area contributed by atoms with Crippen LogP contribution in [0.15, 0.2) is 34.9 Å². The Kier molecular flexibility index (Phi) is 6.04. The summed E-state index contributed by atoms with van der Waals surface area (Å²) in [6.07, 6.45) is 2.12. The summed E-state index contributed by atoms with van der Waals surface area (Å²) in [4.78, 5) is 16.9. The van der Waals surface area contributed by atoms with Gasteiger partial charge in [-0.3, -0.25) is 0 Å². The van der Waals surface area contributed by atoms with Crippen molar-refractivity contribution in [2.45, 2.75) is 45.6 Å². The number of nitrogens with one attached hydrogen (secondary N) is 1. The first-order valence-corrected chi connectivity index (χ1v) is 9.70. The molecular weight excluding hydrogens is 340 g/mol. The molecule has 146 valence electrons. The van der Waals surface area contributed by atoms with Crippen molar-refractivity contribution in [3.8, 4) is 0 Å². The first-order valence-electron chi connectivity index (χ1n) is 9.70. The molecule has 1 saturated heterocycles. The van der Waals surface area contributed by atoms with E-state index >= 15 is 0 Å². The van der Waals surface area contributed by atoms with Gasteiger partial charge in [0, 0.05) is 43.9 Å². The molecule has 0 saturated carbocycles. The minimum Gasteiger partial charge on any atom is -0.369 e. The Morgan fingerprint density at radius 3 is 2.78 bits per heavy atom. The molecule has 27 heavy (non-hydrogen) atoms. The molecule has 1 N–H and O–H groups in total. The smallest absolute Gasteiger partial charge is 0.317 e. The van der Waals surface area contributed by atoms with Gasteiger partial charge in [-0.2, -0.15) is 0 Å². The zero-order valence-electron chi connectivity index (χ0n) is 16.7. The lowest BCUT2D eigenvalue weighted by Crippen LogP contribution is -2.51. The molecule has 2 atom stereocenters. The number of hydrogen-bond acceptors (Lipinski definition) is 4. The van der Waals surface area contributed by atoms with Gasteiger partial charge < -0.3 is 19.6 Å². The Balaban J connectivity index is 1.55. The highest BCUT2D eigenvalue weighted by Gasteiger charge is 2.27. The van der Waals surface area contributed by atoms with E-state index in [0.717, 1.165) is 42.9 Å². The summed E-state index contributed by atoms with van der Waals surface area (Å²) < 4.78 is 5.24. The quantitative estimate of drug-likeness (QED) is 0.872. The van der Waals surface area contributed by atoms with Crippen molar-refractivity contribution in [3.05, 3.63) is 47.3 Å². The Bertz CT molecular complexity index is 739. The molecule has 2 unspecified atom stereocenters. The van der Waals surface area contributed by atoms with Crippen LogP contribution in [0.4, 0.5) is 10.5 Å². The third-order valence-electron chi connectivity index (χ3n) is 5.53.